The number of nitrogens with one attached hydrogen (secondary N) is 2. The lowest BCUT2D eigenvalue weighted by atomic mass is 10.1. The van der Waals surface area contributed by atoms with Crippen molar-refractivity contribution in [3.8, 4) is 5.69 Å². The van der Waals surface area contributed by atoms with Crippen molar-refractivity contribution in [2.24, 2.45) is 0 Å². The van der Waals surface area contributed by atoms with E-state index < -0.39 is 10.0 Å². The van der Waals surface area contributed by atoms with Crippen molar-refractivity contribution in [2.45, 2.75) is 38.5 Å². The molecule has 32 heavy (non-hydrogen) atoms. The van der Waals surface area contributed by atoms with E-state index in [1.807, 2.05) is 39.0 Å². The van der Waals surface area contributed by atoms with E-state index >= 15 is 0 Å². The third-order valence-corrected chi connectivity index (χ3v) is 6.82. The Morgan fingerprint density at radius 1 is 1.12 bits per heavy atom. The summed E-state index contributed by atoms with van der Waals surface area (Å²) >= 11 is 6.10. The van der Waals surface area contributed by atoms with Gasteiger partial charge in [0.05, 0.1) is 28.0 Å². The molecule has 0 fully saturated rings. The van der Waals surface area contributed by atoms with Crippen molar-refractivity contribution >= 4 is 27.5 Å². The van der Waals surface area contributed by atoms with E-state index in [0.717, 1.165) is 16.9 Å². The van der Waals surface area contributed by atoms with Gasteiger partial charge in [-0.2, -0.15) is 5.10 Å². The third kappa shape index (κ3) is 5.38. The number of carbonyl (C=O) groups is 1. The predicted octanol–water partition coefficient (Wildman–Crippen LogP) is 3.97. The lowest BCUT2D eigenvalue weighted by molar-refractivity contribution is 0.0953. The molecule has 1 heterocycles. The van der Waals surface area contributed by atoms with Crippen LogP contribution in [0, 0.1) is 13.8 Å². The number of hydrogen-bond donors (Lipinski definition) is 2. The number of halogens is 1. The zero-order valence-corrected chi connectivity index (χ0v) is 20.1. The van der Waals surface area contributed by atoms with E-state index in [2.05, 4.69) is 15.1 Å². The van der Waals surface area contributed by atoms with E-state index in [1.165, 1.54) is 6.20 Å². The van der Waals surface area contributed by atoms with Gasteiger partial charge in [0.15, 0.2) is 0 Å². The lowest BCUT2D eigenvalue weighted by Gasteiger charge is -2.14. The second kappa shape index (κ2) is 9.85. The summed E-state index contributed by atoms with van der Waals surface area (Å²) in [4.78, 5) is 13.1. The summed E-state index contributed by atoms with van der Waals surface area (Å²) in [5.74, 6) is -0.284. The van der Waals surface area contributed by atoms with Crippen LogP contribution < -0.4 is 10.0 Å². The highest BCUT2D eigenvalue weighted by Gasteiger charge is 2.21. The Morgan fingerprint density at radius 3 is 2.56 bits per heavy atom. The fraction of sp³-hybridized carbons (Fsp3) is 0.304. The highest BCUT2D eigenvalue weighted by molar-refractivity contribution is 7.89. The Hall–Kier alpha value is -2.68. The van der Waals surface area contributed by atoms with E-state index in [0.29, 0.717) is 16.1 Å². The number of aromatic nitrogens is 2. The first-order chi connectivity index (χ1) is 15.1. The monoisotopic (exact) mass is 474 g/mol. The van der Waals surface area contributed by atoms with Gasteiger partial charge in [-0.05, 0) is 55.2 Å². The summed E-state index contributed by atoms with van der Waals surface area (Å²) in [5.41, 5.74) is 3.49. The van der Waals surface area contributed by atoms with Gasteiger partial charge in [-0.25, -0.2) is 17.8 Å². The molecule has 7 nitrogen and oxygen atoms in total. The Bertz CT molecular complexity index is 1240. The topological polar surface area (TPSA) is 93.1 Å². The van der Waals surface area contributed by atoms with Gasteiger partial charge in [-0.15, -0.1) is 0 Å². The van der Waals surface area contributed by atoms with Crippen LogP contribution in [-0.2, 0) is 10.0 Å². The van der Waals surface area contributed by atoms with Crippen LogP contribution in [0.2, 0.25) is 5.02 Å². The minimum Gasteiger partial charge on any atom is -0.351 e. The van der Waals surface area contributed by atoms with Crippen LogP contribution in [0.3, 0.4) is 0 Å². The Balaban J connectivity index is 1.68. The molecular weight excluding hydrogens is 448 g/mol. The fourth-order valence-corrected chi connectivity index (χ4v) is 4.98. The van der Waals surface area contributed by atoms with Crippen LogP contribution in [0.1, 0.15) is 46.9 Å². The van der Waals surface area contributed by atoms with Gasteiger partial charge in [-0.1, -0.05) is 43.6 Å². The Kier molecular flexibility index (Phi) is 7.38. The molecule has 0 radical (unpaired) electrons. The lowest BCUT2D eigenvalue weighted by Crippen LogP contribution is -2.35. The first kappa shape index (κ1) is 24.0. The summed E-state index contributed by atoms with van der Waals surface area (Å²) in [6.45, 7) is 7.76. The second-order valence-corrected chi connectivity index (χ2v) is 10.1. The molecule has 0 atom stereocenters. The van der Waals surface area contributed by atoms with Crippen LogP contribution in [0.4, 0.5) is 0 Å². The number of benzene rings is 2. The smallest absolute Gasteiger partial charge is 0.254 e. The molecule has 2 aromatic carbocycles. The van der Waals surface area contributed by atoms with E-state index in [1.54, 1.807) is 35.9 Å². The second-order valence-electron chi connectivity index (χ2n) is 7.91. The number of nitrogens with zero attached hydrogens (tertiary/aromatic N) is 2. The van der Waals surface area contributed by atoms with Crippen molar-refractivity contribution in [3.63, 3.8) is 0 Å². The highest BCUT2D eigenvalue weighted by atomic mass is 35.5. The molecule has 9 heteroatoms. The van der Waals surface area contributed by atoms with Gasteiger partial charge in [-0.3, -0.25) is 4.79 Å². The molecule has 0 aliphatic rings. The van der Waals surface area contributed by atoms with Gasteiger partial charge >= 0.3 is 0 Å². The minimum absolute atomic E-state index is 0.0278. The molecule has 0 saturated carbocycles. The van der Waals surface area contributed by atoms with Crippen LogP contribution in [0.15, 0.2) is 53.6 Å². The summed E-state index contributed by atoms with van der Waals surface area (Å²) in [7, 11) is -3.66. The number of hydrogen-bond acceptors (Lipinski definition) is 4. The predicted molar refractivity (Wildman–Crippen MR) is 126 cm³/mol. The summed E-state index contributed by atoms with van der Waals surface area (Å²) in [5, 5.41) is 7.73. The molecule has 0 unspecified atom stereocenters. The van der Waals surface area contributed by atoms with Crippen LogP contribution >= 0.6 is 11.6 Å². The van der Waals surface area contributed by atoms with Crippen molar-refractivity contribution in [1.29, 1.82) is 0 Å². The van der Waals surface area contributed by atoms with Gasteiger partial charge < -0.3 is 5.32 Å². The normalized spacial score (nSPS) is 11.7. The molecule has 1 amide bonds. The number of amides is 1. The summed E-state index contributed by atoms with van der Waals surface area (Å²) < 4.78 is 29.5. The number of rotatable bonds is 8. The molecule has 0 bridgehead atoms. The van der Waals surface area contributed by atoms with Crippen molar-refractivity contribution in [1.82, 2.24) is 19.8 Å². The number of carbonyl (C=O) groups excluding carboxylic acids is 1. The molecule has 0 saturated heterocycles. The van der Waals surface area contributed by atoms with E-state index in [9.17, 15) is 13.2 Å². The Morgan fingerprint density at radius 2 is 1.88 bits per heavy atom. The highest BCUT2D eigenvalue weighted by Crippen LogP contribution is 2.24. The number of aryl methyl sites for hydroxylation is 2. The molecule has 0 aliphatic heterocycles. The molecule has 2 N–H and O–H groups in total. The quantitative estimate of drug-likeness (QED) is 0.483. The summed E-state index contributed by atoms with van der Waals surface area (Å²) in [6.07, 6.45) is 1.52. The van der Waals surface area contributed by atoms with E-state index in [-0.39, 0.29) is 29.8 Å². The standard InChI is InChI=1S/C23H27ClN4O3S/c1-15(2)22-20(14-26-28(22)19-7-5-6-18(24)13-19)23(29)25-10-11-27-32(30,31)21-12-16(3)8-9-17(21)4/h5-9,12-15,27H,10-11H2,1-4H3,(H,25,29). The maximum absolute atomic E-state index is 12.8. The zero-order chi connectivity index (χ0) is 23.5. The van der Waals surface area contributed by atoms with Gasteiger partial charge in [0.25, 0.3) is 5.91 Å². The van der Waals surface area contributed by atoms with Crippen molar-refractivity contribution in [3.05, 3.63) is 76.1 Å². The largest absolute Gasteiger partial charge is 0.351 e. The average molecular weight is 475 g/mol. The SMILES string of the molecule is Cc1ccc(C)c(S(=O)(=O)NCCNC(=O)c2cnn(-c3cccc(Cl)c3)c2C(C)C)c1. The van der Waals surface area contributed by atoms with Crippen LogP contribution in [-0.4, -0.2) is 37.2 Å². The van der Waals surface area contributed by atoms with Crippen LogP contribution in [0.25, 0.3) is 5.69 Å². The van der Waals surface area contributed by atoms with Gasteiger partial charge in [0.1, 0.15) is 0 Å². The zero-order valence-electron chi connectivity index (χ0n) is 18.5. The van der Waals surface area contributed by atoms with Crippen LogP contribution in [0.5, 0.6) is 0 Å². The van der Waals surface area contributed by atoms with Gasteiger partial charge in [0, 0.05) is 18.1 Å². The maximum Gasteiger partial charge on any atom is 0.254 e. The minimum atomic E-state index is -3.66. The first-order valence-corrected chi connectivity index (χ1v) is 12.1. The van der Waals surface area contributed by atoms with E-state index in [4.69, 9.17) is 11.6 Å². The first-order valence-electron chi connectivity index (χ1n) is 10.3. The molecule has 1 aromatic heterocycles. The Labute approximate surface area is 193 Å². The number of sulfonamides is 1. The molecule has 0 spiro atoms. The third-order valence-electron chi connectivity index (χ3n) is 4.99. The fourth-order valence-electron chi connectivity index (χ4n) is 3.43. The van der Waals surface area contributed by atoms with Crippen molar-refractivity contribution < 1.29 is 13.2 Å². The average Bonchev–Trinajstić information content (AvgIpc) is 3.18. The van der Waals surface area contributed by atoms with Crippen molar-refractivity contribution in [2.75, 3.05) is 13.1 Å². The van der Waals surface area contributed by atoms with Gasteiger partial charge in [0.2, 0.25) is 10.0 Å². The maximum atomic E-state index is 12.8. The summed E-state index contributed by atoms with van der Waals surface area (Å²) in [6, 6.07) is 12.5. The molecular formula is C23H27ClN4O3S. The molecule has 3 rings (SSSR count). The molecule has 3 aromatic rings. The molecule has 0 aliphatic carbocycles. The molecule has 170 valence electrons.